The summed E-state index contributed by atoms with van der Waals surface area (Å²) in [5.41, 5.74) is 9.31. The van der Waals surface area contributed by atoms with E-state index in [9.17, 15) is 0 Å². The van der Waals surface area contributed by atoms with Crippen molar-refractivity contribution in [1.82, 2.24) is 9.97 Å². The average molecular weight is 449 g/mol. The van der Waals surface area contributed by atoms with Crippen LogP contribution in [0.4, 0.5) is 0 Å². The van der Waals surface area contributed by atoms with E-state index in [1.165, 1.54) is 33.0 Å². The first kappa shape index (κ1) is 20.1. The summed E-state index contributed by atoms with van der Waals surface area (Å²) in [7, 11) is 0. The van der Waals surface area contributed by atoms with E-state index in [0.29, 0.717) is 0 Å². The van der Waals surface area contributed by atoms with Crippen molar-refractivity contribution < 1.29 is 0 Å². The highest BCUT2D eigenvalue weighted by atomic mass is 14.9. The number of benzene rings is 5. The van der Waals surface area contributed by atoms with Gasteiger partial charge in [0, 0.05) is 21.9 Å². The summed E-state index contributed by atoms with van der Waals surface area (Å²) in [6.45, 7) is 4.65. The lowest BCUT2D eigenvalue weighted by molar-refractivity contribution is 0.661. The number of hydrogen-bond acceptors (Lipinski definition) is 2. The van der Waals surface area contributed by atoms with Crippen LogP contribution in [0.15, 0.2) is 109 Å². The summed E-state index contributed by atoms with van der Waals surface area (Å²) in [6.07, 6.45) is 0. The summed E-state index contributed by atoms with van der Waals surface area (Å²) in [5, 5.41) is 3.48. The molecule has 2 nitrogen and oxygen atoms in total. The van der Waals surface area contributed by atoms with Crippen molar-refractivity contribution in [1.29, 1.82) is 0 Å². The zero-order valence-electron chi connectivity index (χ0n) is 19.8. The molecule has 1 aliphatic rings. The van der Waals surface area contributed by atoms with Crippen LogP contribution in [-0.4, -0.2) is 9.97 Å². The predicted molar refractivity (Wildman–Crippen MR) is 145 cm³/mol. The van der Waals surface area contributed by atoms with E-state index < -0.39 is 0 Å². The van der Waals surface area contributed by atoms with Crippen molar-refractivity contribution in [2.75, 3.05) is 0 Å². The Balaban J connectivity index is 1.65. The normalized spacial score (nSPS) is 13.7. The Bertz CT molecular complexity index is 1760. The molecule has 1 heterocycles. The highest BCUT2D eigenvalue weighted by Crippen LogP contribution is 2.53. The first-order valence-electron chi connectivity index (χ1n) is 12.1. The molecule has 0 aliphatic heterocycles. The Morgan fingerprint density at radius 2 is 1.26 bits per heavy atom. The zero-order chi connectivity index (χ0) is 23.6. The number of aromatic nitrogens is 2. The van der Waals surface area contributed by atoms with Crippen LogP contribution in [-0.2, 0) is 5.41 Å². The number of rotatable bonds is 2. The molecule has 7 rings (SSSR count). The summed E-state index contributed by atoms with van der Waals surface area (Å²) in [5.74, 6) is 0.781. The molecule has 0 spiro atoms. The molecule has 35 heavy (non-hydrogen) atoms. The van der Waals surface area contributed by atoms with Gasteiger partial charge in [-0.25, -0.2) is 9.97 Å². The molecule has 0 bridgehead atoms. The molecule has 0 atom stereocenters. The van der Waals surface area contributed by atoms with E-state index >= 15 is 0 Å². The zero-order valence-corrected chi connectivity index (χ0v) is 19.8. The molecule has 0 saturated heterocycles. The van der Waals surface area contributed by atoms with Crippen molar-refractivity contribution in [3.63, 3.8) is 0 Å². The second-order valence-corrected chi connectivity index (χ2v) is 9.84. The van der Waals surface area contributed by atoms with Crippen molar-refractivity contribution in [2.24, 2.45) is 0 Å². The number of fused-ring (bicyclic) bond motifs is 5. The third kappa shape index (κ3) is 2.90. The molecule has 0 saturated carbocycles. The second-order valence-electron chi connectivity index (χ2n) is 9.84. The Morgan fingerprint density at radius 3 is 2.11 bits per heavy atom. The van der Waals surface area contributed by atoms with E-state index in [1.54, 1.807) is 0 Å². The molecule has 1 aromatic heterocycles. The maximum Gasteiger partial charge on any atom is 0.161 e. The fraction of sp³-hybridized carbons (Fsp3) is 0.0909. The van der Waals surface area contributed by atoms with E-state index in [1.807, 2.05) is 6.07 Å². The summed E-state index contributed by atoms with van der Waals surface area (Å²) >= 11 is 0. The van der Waals surface area contributed by atoms with Crippen molar-refractivity contribution >= 4 is 21.7 Å². The topological polar surface area (TPSA) is 25.8 Å². The van der Waals surface area contributed by atoms with Crippen molar-refractivity contribution in [3.05, 3.63) is 120 Å². The lowest BCUT2D eigenvalue weighted by atomic mass is 9.81. The molecule has 0 fully saturated rings. The third-order valence-electron chi connectivity index (χ3n) is 7.47. The van der Waals surface area contributed by atoms with Gasteiger partial charge in [0.25, 0.3) is 0 Å². The van der Waals surface area contributed by atoms with Gasteiger partial charge in [-0.2, -0.15) is 0 Å². The molecule has 6 aromatic rings. The van der Waals surface area contributed by atoms with Gasteiger partial charge in [-0.15, -0.1) is 0 Å². The van der Waals surface area contributed by atoms with Crippen molar-refractivity contribution in [3.8, 4) is 33.8 Å². The minimum atomic E-state index is -0.0934. The van der Waals surface area contributed by atoms with Crippen LogP contribution in [0.2, 0.25) is 0 Å². The summed E-state index contributed by atoms with van der Waals surface area (Å²) in [6, 6.07) is 38.6. The average Bonchev–Trinajstić information content (AvgIpc) is 3.13. The minimum Gasteiger partial charge on any atom is -0.228 e. The standard InChI is InChI=1S/C33H24N2/c1-33(2)26-18-10-8-16-24(26)29-27(33)20-22-14-6-7-15-23(22)30(29)32-34-28-19-11-9-17-25(28)31(35-32)21-12-4-3-5-13-21/h3-20H,1-2H3. The lowest BCUT2D eigenvalue weighted by Crippen LogP contribution is -2.15. The van der Waals surface area contributed by atoms with Crippen LogP contribution in [0, 0.1) is 0 Å². The van der Waals surface area contributed by atoms with Gasteiger partial charge in [0.2, 0.25) is 0 Å². The molecule has 0 radical (unpaired) electrons. The van der Waals surface area contributed by atoms with Gasteiger partial charge in [0.1, 0.15) is 0 Å². The van der Waals surface area contributed by atoms with E-state index in [2.05, 4.69) is 117 Å². The van der Waals surface area contributed by atoms with E-state index in [4.69, 9.17) is 9.97 Å². The number of para-hydroxylation sites is 1. The summed E-state index contributed by atoms with van der Waals surface area (Å²) in [4.78, 5) is 10.4. The minimum absolute atomic E-state index is 0.0934. The summed E-state index contributed by atoms with van der Waals surface area (Å²) < 4.78 is 0. The Labute approximate surface area is 204 Å². The quantitative estimate of drug-likeness (QED) is 0.266. The number of hydrogen-bond donors (Lipinski definition) is 0. The first-order valence-corrected chi connectivity index (χ1v) is 12.1. The van der Waals surface area contributed by atoms with Gasteiger partial charge >= 0.3 is 0 Å². The van der Waals surface area contributed by atoms with Crippen LogP contribution in [0.3, 0.4) is 0 Å². The highest BCUT2D eigenvalue weighted by molar-refractivity contribution is 6.08. The van der Waals surface area contributed by atoms with Gasteiger partial charge < -0.3 is 0 Å². The Morgan fingerprint density at radius 1 is 0.571 bits per heavy atom. The highest BCUT2D eigenvalue weighted by Gasteiger charge is 2.38. The molecular formula is C33H24N2. The van der Waals surface area contributed by atoms with Gasteiger partial charge in [-0.1, -0.05) is 111 Å². The fourth-order valence-corrected chi connectivity index (χ4v) is 5.75. The molecule has 0 amide bonds. The monoisotopic (exact) mass is 448 g/mol. The maximum absolute atomic E-state index is 5.28. The largest absolute Gasteiger partial charge is 0.228 e. The van der Waals surface area contributed by atoms with E-state index in [0.717, 1.165) is 33.5 Å². The fourth-order valence-electron chi connectivity index (χ4n) is 5.75. The molecule has 0 N–H and O–H groups in total. The van der Waals surface area contributed by atoms with Gasteiger partial charge in [0.05, 0.1) is 11.2 Å². The first-order chi connectivity index (χ1) is 17.1. The molecule has 5 aromatic carbocycles. The van der Waals surface area contributed by atoms with Crippen LogP contribution >= 0.6 is 0 Å². The van der Waals surface area contributed by atoms with Crippen LogP contribution in [0.5, 0.6) is 0 Å². The van der Waals surface area contributed by atoms with Gasteiger partial charge in [-0.3, -0.25) is 0 Å². The van der Waals surface area contributed by atoms with Gasteiger partial charge in [0.15, 0.2) is 5.82 Å². The van der Waals surface area contributed by atoms with Crippen molar-refractivity contribution in [2.45, 2.75) is 19.3 Å². The van der Waals surface area contributed by atoms with E-state index in [-0.39, 0.29) is 5.41 Å². The van der Waals surface area contributed by atoms with Crippen LogP contribution in [0.1, 0.15) is 25.0 Å². The molecule has 0 unspecified atom stereocenters. The molecular weight excluding hydrogens is 424 g/mol. The van der Waals surface area contributed by atoms with Crippen LogP contribution in [0.25, 0.3) is 55.4 Å². The smallest absolute Gasteiger partial charge is 0.161 e. The Kier molecular flexibility index (Phi) is 4.22. The number of nitrogens with zero attached hydrogens (tertiary/aromatic N) is 2. The Hall–Kier alpha value is -4.30. The van der Waals surface area contributed by atoms with Gasteiger partial charge in [-0.05, 0) is 45.2 Å². The SMILES string of the molecule is CC1(C)c2ccccc2-c2c1cc1ccccc1c2-c1nc(-c2ccccc2)c2ccccc2n1. The molecule has 2 heteroatoms. The molecule has 166 valence electrons. The molecule has 1 aliphatic carbocycles. The maximum atomic E-state index is 5.28. The third-order valence-corrected chi connectivity index (χ3v) is 7.47. The van der Waals surface area contributed by atoms with Crippen LogP contribution < -0.4 is 0 Å². The second kappa shape index (κ2) is 7.35. The predicted octanol–water partition coefficient (Wildman–Crippen LogP) is 8.42. The lowest BCUT2D eigenvalue weighted by Gasteiger charge is -2.22.